The van der Waals surface area contributed by atoms with Crippen LogP contribution in [0.3, 0.4) is 0 Å². The number of unbranched alkanes of at least 4 members (excludes halogenated alkanes) is 5. The number of aliphatic hydroxyl groups excluding tert-OH is 10. The minimum absolute atomic E-state index is 0.222. The lowest BCUT2D eigenvalue weighted by atomic mass is 10.0. The van der Waals surface area contributed by atoms with Crippen molar-refractivity contribution in [3.05, 3.63) is 0 Å². The highest BCUT2D eigenvalue weighted by Gasteiger charge is 2.56. The summed E-state index contributed by atoms with van der Waals surface area (Å²) in [7, 11) is 0. The highest BCUT2D eigenvalue weighted by atomic mass is 16.8. The van der Waals surface area contributed by atoms with Gasteiger partial charge in [0.1, 0.15) is 73.2 Å². The molecule has 0 aromatic heterocycles. The van der Waals surface area contributed by atoms with Crippen LogP contribution in [0.1, 0.15) is 45.4 Å². The zero-order chi connectivity index (χ0) is 31.0. The van der Waals surface area contributed by atoms with E-state index >= 15 is 0 Å². The van der Waals surface area contributed by atoms with Crippen LogP contribution in [0.25, 0.3) is 0 Å². The van der Waals surface area contributed by atoms with E-state index in [-0.39, 0.29) is 6.61 Å². The standard InChI is InChI=1S/C26H48O16/c1-2-3-4-5-6-7-8-37-25-22(17(35)20(39-25)13(31)10-28)42-26-23(18(36)21(40-26)14(32)11-29)41-24-16(34)15(33)19(38-24)12(30)9-27/h12-36H,2-11H2,1H3/t12-,13-,14-,15+,16+,17+,18-,19-,20+,21-,22-,23+,24-,25-,26-/m0/s1. The molecule has 16 nitrogen and oxygen atoms in total. The summed E-state index contributed by atoms with van der Waals surface area (Å²) in [6.45, 7) is 0.0153. The molecule has 0 radical (unpaired) electrons. The van der Waals surface area contributed by atoms with Crippen LogP contribution >= 0.6 is 0 Å². The summed E-state index contributed by atoms with van der Waals surface area (Å²) in [6, 6.07) is 0. The molecule has 16 heteroatoms. The van der Waals surface area contributed by atoms with Gasteiger partial charge >= 0.3 is 0 Å². The third kappa shape index (κ3) is 8.54. The fourth-order valence-electron chi connectivity index (χ4n) is 5.30. The summed E-state index contributed by atoms with van der Waals surface area (Å²) < 4.78 is 34.1. The summed E-state index contributed by atoms with van der Waals surface area (Å²) in [5.74, 6) is 0. The predicted molar refractivity (Wildman–Crippen MR) is 138 cm³/mol. The molecule has 0 aliphatic carbocycles. The van der Waals surface area contributed by atoms with Gasteiger partial charge in [-0.1, -0.05) is 39.0 Å². The molecule has 0 aromatic carbocycles. The molecule has 3 aliphatic heterocycles. The van der Waals surface area contributed by atoms with E-state index in [2.05, 4.69) is 6.92 Å². The van der Waals surface area contributed by atoms with Crippen LogP contribution in [0.4, 0.5) is 0 Å². The third-order valence-corrected chi connectivity index (χ3v) is 7.78. The zero-order valence-electron chi connectivity index (χ0n) is 23.7. The molecule has 248 valence electrons. The summed E-state index contributed by atoms with van der Waals surface area (Å²) in [4.78, 5) is 0. The number of hydrogen-bond acceptors (Lipinski definition) is 16. The van der Waals surface area contributed by atoms with E-state index in [1.807, 2.05) is 0 Å². The van der Waals surface area contributed by atoms with Crippen LogP contribution in [0.5, 0.6) is 0 Å². The monoisotopic (exact) mass is 616 g/mol. The maximum absolute atomic E-state index is 10.9. The Morgan fingerprint density at radius 2 is 0.976 bits per heavy atom. The second kappa shape index (κ2) is 17.2. The van der Waals surface area contributed by atoms with Gasteiger partial charge in [-0.2, -0.15) is 0 Å². The molecule has 3 fully saturated rings. The van der Waals surface area contributed by atoms with Gasteiger partial charge in [-0.15, -0.1) is 0 Å². The second-order valence-corrected chi connectivity index (χ2v) is 11.0. The van der Waals surface area contributed by atoms with Gasteiger partial charge in [0.05, 0.1) is 19.8 Å². The highest BCUT2D eigenvalue weighted by Crippen LogP contribution is 2.36. The summed E-state index contributed by atoms with van der Waals surface area (Å²) in [6.07, 6.45) is -17.0. The van der Waals surface area contributed by atoms with Gasteiger partial charge in [0.15, 0.2) is 18.9 Å². The van der Waals surface area contributed by atoms with E-state index < -0.39 is 112 Å². The van der Waals surface area contributed by atoms with Crippen molar-refractivity contribution < 1.29 is 79.5 Å². The summed E-state index contributed by atoms with van der Waals surface area (Å²) in [5, 5.41) is 101. The van der Waals surface area contributed by atoms with E-state index in [0.29, 0.717) is 6.42 Å². The van der Waals surface area contributed by atoms with E-state index in [0.717, 1.165) is 32.1 Å². The van der Waals surface area contributed by atoms with Gasteiger partial charge in [0, 0.05) is 6.61 Å². The molecule has 10 N–H and O–H groups in total. The van der Waals surface area contributed by atoms with Crippen molar-refractivity contribution in [2.24, 2.45) is 0 Å². The zero-order valence-corrected chi connectivity index (χ0v) is 23.7. The lowest BCUT2D eigenvalue weighted by molar-refractivity contribution is -0.279. The molecule has 0 amide bonds. The van der Waals surface area contributed by atoms with Crippen molar-refractivity contribution in [3.8, 4) is 0 Å². The fraction of sp³-hybridized carbons (Fsp3) is 1.00. The highest BCUT2D eigenvalue weighted by molar-refractivity contribution is 4.98. The first kappa shape index (κ1) is 35.8. The van der Waals surface area contributed by atoms with E-state index in [1.165, 1.54) is 0 Å². The van der Waals surface area contributed by atoms with Crippen LogP contribution in [0.15, 0.2) is 0 Å². The molecule has 0 unspecified atom stereocenters. The normalized spacial score (nSPS) is 40.9. The number of aliphatic hydroxyl groups is 10. The maximum atomic E-state index is 10.9. The molecule has 0 aromatic rings. The predicted octanol–water partition coefficient (Wildman–Crippen LogP) is -4.19. The van der Waals surface area contributed by atoms with E-state index in [1.54, 1.807) is 0 Å². The average Bonchev–Trinajstić information content (AvgIpc) is 3.58. The van der Waals surface area contributed by atoms with Gasteiger partial charge in [-0.3, -0.25) is 0 Å². The number of rotatable bonds is 18. The van der Waals surface area contributed by atoms with Crippen molar-refractivity contribution in [2.75, 3.05) is 26.4 Å². The summed E-state index contributed by atoms with van der Waals surface area (Å²) >= 11 is 0. The molecule has 42 heavy (non-hydrogen) atoms. The quantitative estimate of drug-likeness (QED) is 0.0655. The molecule has 0 saturated carbocycles. The first-order valence-electron chi connectivity index (χ1n) is 14.6. The van der Waals surface area contributed by atoms with Crippen LogP contribution < -0.4 is 0 Å². The van der Waals surface area contributed by atoms with Gasteiger partial charge in [0.25, 0.3) is 0 Å². The third-order valence-electron chi connectivity index (χ3n) is 7.78. The van der Waals surface area contributed by atoms with Crippen LogP contribution in [0.2, 0.25) is 0 Å². The smallest absolute Gasteiger partial charge is 0.187 e. The lowest BCUT2D eigenvalue weighted by Crippen LogP contribution is -2.48. The van der Waals surface area contributed by atoms with Crippen molar-refractivity contribution in [3.63, 3.8) is 0 Å². The van der Waals surface area contributed by atoms with Crippen LogP contribution in [-0.2, 0) is 28.4 Å². The number of hydrogen-bond donors (Lipinski definition) is 10. The first-order valence-corrected chi connectivity index (χ1v) is 14.6. The Hall–Kier alpha value is -0.640. The van der Waals surface area contributed by atoms with Crippen molar-refractivity contribution in [1.29, 1.82) is 0 Å². The van der Waals surface area contributed by atoms with Gasteiger partial charge in [0.2, 0.25) is 0 Å². The molecule has 0 bridgehead atoms. The Bertz CT molecular complexity index is 764. The molecular weight excluding hydrogens is 568 g/mol. The van der Waals surface area contributed by atoms with Crippen molar-refractivity contribution in [2.45, 2.75) is 138 Å². The average molecular weight is 617 g/mol. The Morgan fingerprint density at radius 3 is 1.52 bits per heavy atom. The molecule has 3 rings (SSSR count). The van der Waals surface area contributed by atoms with E-state index in [9.17, 15) is 51.1 Å². The van der Waals surface area contributed by atoms with Crippen LogP contribution in [0, 0.1) is 0 Å². The molecule has 15 atom stereocenters. The SMILES string of the molecule is CCCCCCCCO[C@H]1O[C@H]([C@@H](O)CO)[C@@H](O)[C@@H]1O[C@@H]1O[C@@H]([C@@H](O)CO)[C@H](O)[C@H]1O[C@@H]1O[C@@H]([C@@H](O)CO)[C@H](O)[C@H]1O. The Labute approximate surface area is 243 Å². The molecule has 3 saturated heterocycles. The number of ether oxygens (including phenoxy) is 6. The van der Waals surface area contributed by atoms with Gasteiger partial charge < -0.3 is 79.5 Å². The Morgan fingerprint density at radius 1 is 0.548 bits per heavy atom. The van der Waals surface area contributed by atoms with Crippen molar-refractivity contribution in [1.82, 2.24) is 0 Å². The van der Waals surface area contributed by atoms with Gasteiger partial charge in [-0.05, 0) is 6.42 Å². The van der Waals surface area contributed by atoms with Crippen LogP contribution in [-0.4, -0.2) is 170 Å². The second-order valence-electron chi connectivity index (χ2n) is 11.0. The Kier molecular flexibility index (Phi) is 14.6. The molecule has 3 heterocycles. The van der Waals surface area contributed by atoms with E-state index in [4.69, 9.17) is 28.4 Å². The minimum Gasteiger partial charge on any atom is -0.394 e. The Balaban J connectivity index is 1.74. The summed E-state index contributed by atoms with van der Waals surface area (Å²) in [5.41, 5.74) is 0. The fourth-order valence-corrected chi connectivity index (χ4v) is 5.30. The molecule has 3 aliphatic rings. The minimum atomic E-state index is -1.73. The van der Waals surface area contributed by atoms with Gasteiger partial charge in [-0.25, -0.2) is 0 Å². The maximum Gasteiger partial charge on any atom is 0.187 e. The van der Waals surface area contributed by atoms with Crippen molar-refractivity contribution >= 4 is 0 Å². The molecule has 0 spiro atoms. The topological polar surface area (TPSA) is 258 Å². The largest absolute Gasteiger partial charge is 0.394 e. The molecular formula is C26H48O16. The first-order chi connectivity index (χ1) is 20.1. The lowest BCUT2D eigenvalue weighted by Gasteiger charge is -2.29.